The highest BCUT2D eigenvalue weighted by Gasteiger charge is 2.15. The third kappa shape index (κ3) is 2.27. The summed E-state index contributed by atoms with van der Waals surface area (Å²) < 4.78 is 10.1. The molecule has 0 radical (unpaired) electrons. The fourth-order valence-electron chi connectivity index (χ4n) is 1.51. The quantitative estimate of drug-likeness (QED) is 0.807. The zero-order valence-corrected chi connectivity index (χ0v) is 10.1. The molecule has 0 aliphatic carbocycles. The van der Waals surface area contributed by atoms with Gasteiger partial charge in [0.25, 0.3) is 5.91 Å². The van der Waals surface area contributed by atoms with E-state index >= 15 is 0 Å². The minimum Gasteiger partial charge on any atom is -0.494 e. The third-order valence-corrected chi connectivity index (χ3v) is 2.43. The van der Waals surface area contributed by atoms with Crippen LogP contribution in [0.3, 0.4) is 0 Å². The number of nitrogens with one attached hydrogen (secondary N) is 1. The first-order valence-corrected chi connectivity index (χ1v) is 5.26. The number of aryl methyl sites for hydroxylation is 1. The number of nitrogen functional groups attached to an aromatic ring is 1. The van der Waals surface area contributed by atoms with Gasteiger partial charge in [0.1, 0.15) is 5.75 Å². The van der Waals surface area contributed by atoms with Crippen molar-refractivity contribution < 1.29 is 13.9 Å². The molecule has 6 nitrogen and oxygen atoms in total. The van der Waals surface area contributed by atoms with E-state index in [1.165, 1.54) is 13.5 Å². The molecule has 2 aromatic rings. The van der Waals surface area contributed by atoms with Crippen molar-refractivity contribution >= 4 is 17.3 Å². The Bertz CT molecular complexity index is 578. The number of anilines is 2. The Labute approximate surface area is 104 Å². The summed E-state index contributed by atoms with van der Waals surface area (Å²) in [6.07, 6.45) is 1.23. The Kier molecular flexibility index (Phi) is 3.18. The van der Waals surface area contributed by atoms with E-state index < -0.39 is 0 Å². The number of hydrogen-bond donors (Lipinski definition) is 2. The number of benzene rings is 1. The van der Waals surface area contributed by atoms with E-state index in [0.717, 1.165) is 0 Å². The molecule has 6 heteroatoms. The van der Waals surface area contributed by atoms with Gasteiger partial charge in [0, 0.05) is 11.8 Å². The van der Waals surface area contributed by atoms with Crippen molar-refractivity contribution in [2.24, 2.45) is 0 Å². The van der Waals surface area contributed by atoms with E-state index in [2.05, 4.69) is 10.3 Å². The van der Waals surface area contributed by atoms with Crippen LogP contribution in [0.4, 0.5) is 11.4 Å². The summed E-state index contributed by atoms with van der Waals surface area (Å²) in [6.45, 7) is 1.69. The first kappa shape index (κ1) is 12.0. The Morgan fingerprint density at radius 2 is 2.28 bits per heavy atom. The number of nitrogens with zero attached hydrogens (tertiary/aromatic N) is 1. The van der Waals surface area contributed by atoms with Crippen molar-refractivity contribution in [3.63, 3.8) is 0 Å². The van der Waals surface area contributed by atoms with E-state index in [1.54, 1.807) is 25.1 Å². The van der Waals surface area contributed by atoms with Gasteiger partial charge in [0.05, 0.1) is 18.5 Å². The monoisotopic (exact) mass is 247 g/mol. The molecular weight excluding hydrogens is 234 g/mol. The van der Waals surface area contributed by atoms with E-state index in [-0.39, 0.29) is 11.7 Å². The zero-order valence-electron chi connectivity index (χ0n) is 10.1. The van der Waals surface area contributed by atoms with Crippen molar-refractivity contribution in [3.05, 3.63) is 36.0 Å². The summed E-state index contributed by atoms with van der Waals surface area (Å²) in [7, 11) is 1.50. The highest BCUT2D eigenvalue weighted by Crippen LogP contribution is 2.27. The van der Waals surface area contributed by atoms with Crippen molar-refractivity contribution in [2.75, 3.05) is 18.2 Å². The van der Waals surface area contributed by atoms with Crippen LogP contribution in [0.2, 0.25) is 0 Å². The molecule has 1 heterocycles. The number of ether oxygens (including phenoxy) is 1. The summed E-state index contributed by atoms with van der Waals surface area (Å²) in [6, 6.07) is 4.96. The van der Waals surface area contributed by atoms with Crippen LogP contribution >= 0.6 is 0 Å². The molecule has 3 N–H and O–H groups in total. The lowest BCUT2D eigenvalue weighted by atomic mass is 10.2. The van der Waals surface area contributed by atoms with E-state index in [0.29, 0.717) is 22.8 Å². The molecule has 0 saturated carbocycles. The number of oxazole rings is 1. The van der Waals surface area contributed by atoms with Gasteiger partial charge >= 0.3 is 0 Å². The molecule has 1 aromatic heterocycles. The van der Waals surface area contributed by atoms with Gasteiger partial charge in [0.2, 0.25) is 5.76 Å². The maximum Gasteiger partial charge on any atom is 0.293 e. The Morgan fingerprint density at radius 1 is 1.50 bits per heavy atom. The molecule has 0 atom stereocenters. The first-order valence-electron chi connectivity index (χ1n) is 5.26. The number of aromatic nitrogens is 1. The minimum absolute atomic E-state index is 0.175. The third-order valence-electron chi connectivity index (χ3n) is 2.43. The van der Waals surface area contributed by atoms with Crippen molar-refractivity contribution in [2.45, 2.75) is 6.92 Å². The predicted octanol–water partition coefficient (Wildman–Crippen LogP) is 1.83. The molecule has 1 aromatic carbocycles. The molecule has 0 spiro atoms. The minimum atomic E-state index is -0.381. The number of methoxy groups -OCH3 is 1. The van der Waals surface area contributed by atoms with Crippen LogP contribution in [0.25, 0.3) is 0 Å². The second-order valence-corrected chi connectivity index (χ2v) is 3.68. The summed E-state index contributed by atoms with van der Waals surface area (Å²) in [5.74, 6) is 0.280. The van der Waals surface area contributed by atoms with Gasteiger partial charge in [-0.2, -0.15) is 0 Å². The van der Waals surface area contributed by atoms with Gasteiger partial charge in [-0.05, 0) is 19.1 Å². The van der Waals surface area contributed by atoms with Gasteiger partial charge in [-0.1, -0.05) is 0 Å². The molecule has 94 valence electrons. The fourth-order valence-corrected chi connectivity index (χ4v) is 1.51. The molecule has 1 amide bonds. The second-order valence-electron chi connectivity index (χ2n) is 3.68. The molecule has 0 bridgehead atoms. The number of amides is 1. The molecule has 0 aliphatic heterocycles. The molecule has 18 heavy (non-hydrogen) atoms. The standard InChI is InChI=1S/C12H13N3O3/c1-7-11(18-6-14-7)12(16)15-9-4-3-8(13)5-10(9)17-2/h3-6H,13H2,1-2H3,(H,15,16). The lowest BCUT2D eigenvalue weighted by molar-refractivity contribution is 0.0995. The molecular formula is C12H13N3O3. The highest BCUT2D eigenvalue weighted by molar-refractivity contribution is 6.03. The maximum atomic E-state index is 11.9. The van der Waals surface area contributed by atoms with Crippen LogP contribution in [-0.2, 0) is 0 Å². The molecule has 0 aliphatic rings. The average molecular weight is 247 g/mol. The lowest BCUT2D eigenvalue weighted by Crippen LogP contribution is -2.13. The van der Waals surface area contributed by atoms with Crippen LogP contribution in [-0.4, -0.2) is 18.0 Å². The summed E-state index contributed by atoms with van der Waals surface area (Å²) in [5.41, 5.74) is 7.24. The largest absolute Gasteiger partial charge is 0.494 e. The van der Waals surface area contributed by atoms with Crippen molar-refractivity contribution in [1.82, 2.24) is 4.98 Å². The number of rotatable bonds is 3. The topological polar surface area (TPSA) is 90.4 Å². The van der Waals surface area contributed by atoms with Crippen LogP contribution in [0, 0.1) is 6.92 Å². The second kappa shape index (κ2) is 4.79. The molecule has 0 saturated heterocycles. The van der Waals surface area contributed by atoms with Crippen LogP contribution < -0.4 is 15.8 Å². The van der Waals surface area contributed by atoms with Gasteiger partial charge in [-0.25, -0.2) is 4.98 Å². The van der Waals surface area contributed by atoms with Gasteiger partial charge < -0.3 is 20.2 Å². The van der Waals surface area contributed by atoms with Crippen molar-refractivity contribution in [1.29, 1.82) is 0 Å². The van der Waals surface area contributed by atoms with Crippen LogP contribution in [0.5, 0.6) is 5.75 Å². The van der Waals surface area contributed by atoms with Gasteiger partial charge in [0.15, 0.2) is 6.39 Å². The summed E-state index contributed by atoms with van der Waals surface area (Å²) >= 11 is 0. The smallest absolute Gasteiger partial charge is 0.293 e. The fraction of sp³-hybridized carbons (Fsp3) is 0.167. The van der Waals surface area contributed by atoms with E-state index in [9.17, 15) is 4.79 Å². The lowest BCUT2D eigenvalue weighted by Gasteiger charge is -2.09. The Hall–Kier alpha value is -2.50. The van der Waals surface area contributed by atoms with Crippen LogP contribution in [0.15, 0.2) is 29.0 Å². The Morgan fingerprint density at radius 3 is 2.89 bits per heavy atom. The normalized spacial score (nSPS) is 10.1. The summed E-state index contributed by atoms with van der Waals surface area (Å²) in [5, 5.41) is 2.68. The first-order chi connectivity index (χ1) is 8.61. The van der Waals surface area contributed by atoms with E-state index in [1.807, 2.05) is 0 Å². The summed E-state index contributed by atoms with van der Waals surface area (Å²) in [4.78, 5) is 15.8. The van der Waals surface area contributed by atoms with E-state index in [4.69, 9.17) is 14.9 Å². The number of nitrogens with two attached hydrogens (primary N) is 1. The maximum absolute atomic E-state index is 11.9. The number of hydrogen-bond acceptors (Lipinski definition) is 5. The molecule has 2 rings (SSSR count). The molecule has 0 unspecified atom stereocenters. The number of carbonyl (C=O) groups excluding carboxylic acids is 1. The van der Waals surface area contributed by atoms with Gasteiger partial charge in [-0.15, -0.1) is 0 Å². The molecule has 0 fully saturated rings. The number of carbonyl (C=O) groups is 1. The van der Waals surface area contributed by atoms with Crippen LogP contribution in [0.1, 0.15) is 16.2 Å². The zero-order chi connectivity index (χ0) is 13.1. The highest BCUT2D eigenvalue weighted by atomic mass is 16.5. The Balaban J connectivity index is 2.24. The SMILES string of the molecule is COc1cc(N)ccc1NC(=O)c1ocnc1C. The van der Waals surface area contributed by atoms with Crippen molar-refractivity contribution in [3.8, 4) is 5.75 Å². The van der Waals surface area contributed by atoms with Gasteiger partial charge in [-0.3, -0.25) is 4.79 Å². The average Bonchev–Trinajstić information content (AvgIpc) is 2.77. The predicted molar refractivity (Wildman–Crippen MR) is 66.6 cm³/mol.